The summed E-state index contributed by atoms with van der Waals surface area (Å²) in [5, 5.41) is 0.0729. The van der Waals surface area contributed by atoms with Crippen molar-refractivity contribution < 1.29 is 22.3 Å². The predicted octanol–water partition coefficient (Wildman–Crippen LogP) is 5.45. The average Bonchev–Trinajstić information content (AvgIpc) is 2.74. The Labute approximate surface area is 180 Å². The molecule has 0 saturated carbocycles. The Morgan fingerprint density at radius 2 is 1.57 bits per heavy atom. The van der Waals surface area contributed by atoms with E-state index in [-0.39, 0.29) is 21.2 Å². The highest BCUT2D eigenvalue weighted by Crippen LogP contribution is 2.39. The number of rotatable bonds is 7. The molecule has 158 valence electrons. The van der Waals surface area contributed by atoms with Crippen molar-refractivity contribution in [2.45, 2.75) is 17.9 Å². The van der Waals surface area contributed by atoms with E-state index in [0.717, 1.165) is 4.31 Å². The van der Waals surface area contributed by atoms with Gasteiger partial charge in [0, 0.05) is 11.6 Å². The lowest BCUT2D eigenvalue weighted by Gasteiger charge is -2.31. The smallest absolute Gasteiger partial charge is 0.266 e. The summed E-state index contributed by atoms with van der Waals surface area (Å²) in [6.45, 7) is 1.61. The van der Waals surface area contributed by atoms with Gasteiger partial charge in [0.25, 0.3) is 10.0 Å². The van der Waals surface area contributed by atoms with Crippen LogP contribution in [0.3, 0.4) is 0 Å². The van der Waals surface area contributed by atoms with Crippen LogP contribution in [0, 0.1) is 5.82 Å². The molecule has 0 spiro atoms. The first kappa shape index (κ1) is 21.9. The lowest BCUT2D eigenvalue weighted by molar-refractivity contribution is 0.355. The zero-order chi connectivity index (χ0) is 21.9. The molecule has 0 aliphatic carbocycles. The van der Waals surface area contributed by atoms with E-state index in [4.69, 9.17) is 21.1 Å². The number of benzene rings is 3. The fourth-order valence-corrected chi connectivity index (χ4v) is 5.36. The van der Waals surface area contributed by atoms with E-state index in [0.29, 0.717) is 11.5 Å². The van der Waals surface area contributed by atoms with Crippen LogP contribution < -0.4 is 13.8 Å². The molecule has 1 unspecified atom stereocenters. The van der Waals surface area contributed by atoms with Crippen molar-refractivity contribution in [2.24, 2.45) is 0 Å². The van der Waals surface area contributed by atoms with Crippen molar-refractivity contribution in [2.75, 3.05) is 18.5 Å². The lowest BCUT2D eigenvalue weighted by Crippen LogP contribution is -2.34. The van der Waals surface area contributed by atoms with E-state index in [1.165, 1.54) is 38.5 Å². The van der Waals surface area contributed by atoms with Gasteiger partial charge in [-0.1, -0.05) is 41.9 Å². The molecule has 8 heteroatoms. The van der Waals surface area contributed by atoms with Crippen LogP contribution in [0.15, 0.2) is 71.6 Å². The van der Waals surface area contributed by atoms with Crippen LogP contribution in [0.2, 0.25) is 5.02 Å². The Hall–Kier alpha value is -2.77. The molecule has 0 radical (unpaired) electrons. The summed E-state index contributed by atoms with van der Waals surface area (Å²) in [5.74, 6) is 0.273. The molecule has 3 rings (SSSR count). The number of methoxy groups -OCH3 is 2. The molecule has 0 saturated heterocycles. The van der Waals surface area contributed by atoms with Gasteiger partial charge < -0.3 is 9.47 Å². The van der Waals surface area contributed by atoms with Gasteiger partial charge in [-0.3, -0.25) is 4.31 Å². The van der Waals surface area contributed by atoms with Gasteiger partial charge in [0.05, 0.1) is 31.0 Å². The molecule has 30 heavy (non-hydrogen) atoms. The van der Waals surface area contributed by atoms with Crippen LogP contribution >= 0.6 is 11.6 Å². The maximum absolute atomic E-state index is 14.6. The highest BCUT2D eigenvalue weighted by Gasteiger charge is 2.33. The zero-order valence-corrected chi connectivity index (χ0v) is 18.2. The third-order valence-corrected chi connectivity index (χ3v) is 7.10. The SMILES string of the molecule is COc1ccc(N(C(C)c2ccccc2F)S(=O)(=O)c2ccccc2Cl)cc1OC. The highest BCUT2D eigenvalue weighted by atomic mass is 35.5. The van der Waals surface area contributed by atoms with E-state index in [9.17, 15) is 12.8 Å². The van der Waals surface area contributed by atoms with Crippen LogP contribution in [0.25, 0.3) is 0 Å². The molecule has 3 aromatic rings. The summed E-state index contributed by atoms with van der Waals surface area (Å²) >= 11 is 6.20. The standard InChI is InChI=1S/C22H21ClFNO4S/c1-15(17-8-4-6-10-19(17)24)25(16-12-13-20(28-2)21(14-16)29-3)30(26,27)22-11-7-5-9-18(22)23/h4-15H,1-3H3. The number of hydrogen-bond donors (Lipinski definition) is 0. The topological polar surface area (TPSA) is 55.8 Å². The number of ether oxygens (including phenoxy) is 2. The van der Waals surface area contributed by atoms with Crippen molar-refractivity contribution in [3.05, 3.63) is 83.1 Å². The summed E-state index contributed by atoms with van der Waals surface area (Å²) in [7, 11) is -1.22. The third kappa shape index (κ3) is 4.08. The number of hydrogen-bond acceptors (Lipinski definition) is 4. The summed E-state index contributed by atoms with van der Waals surface area (Å²) in [6.07, 6.45) is 0. The van der Waals surface area contributed by atoms with Gasteiger partial charge in [-0.15, -0.1) is 0 Å². The minimum absolute atomic E-state index is 0.0729. The molecule has 0 aliphatic heterocycles. The number of halogens is 2. The first-order valence-corrected chi connectivity index (χ1v) is 10.9. The molecule has 0 aliphatic rings. The molecular weight excluding hydrogens is 429 g/mol. The van der Waals surface area contributed by atoms with Crippen molar-refractivity contribution in [3.63, 3.8) is 0 Å². The Morgan fingerprint density at radius 3 is 2.20 bits per heavy atom. The van der Waals surface area contributed by atoms with Crippen LogP contribution in [0.5, 0.6) is 11.5 Å². The Kier molecular flexibility index (Phi) is 6.53. The van der Waals surface area contributed by atoms with E-state index >= 15 is 0 Å². The van der Waals surface area contributed by atoms with Gasteiger partial charge in [0.1, 0.15) is 10.7 Å². The van der Waals surface area contributed by atoms with Crippen LogP contribution in [0.1, 0.15) is 18.5 Å². The lowest BCUT2D eigenvalue weighted by atomic mass is 10.1. The molecule has 0 bridgehead atoms. The molecule has 0 N–H and O–H groups in total. The van der Waals surface area contributed by atoms with E-state index in [2.05, 4.69) is 0 Å². The maximum Gasteiger partial charge on any atom is 0.266 e. The molecule has 5 nitrogen and oxygen atoms in total. The van der Waals surface area contributed by atoms with Crippen molar-refractivity contribution >= 4 is 27.3 Å². The van der Waals surface area contributed by atoms with Gasteiger partial charge in [-0.05, 0) is 37.3 Å². The van der Waals surface area contributed by atoms with Crippen molar-refractivity contribution in [1.82, 2.24) is 0 Å². The molecule has 0 aromatic heterocycles. The molecule has 0 fully saturated rings. The van der Waals surface area contributed by atoms with E-state index < -0.39 is 21.9 Å². The minimum Gasteiger partial charge on any atom is -0.493 e. The van der Waals surface area contributed by atoms with Gasteiger partial charge in [-0.25, -0.2) is 12.8 Å². The molecule has 3 aromatic carbocycles. The number of sulfonamides is 1. The van der Waals surface area contributed by atoms with Crippen LogP contribution in [-0.4, -0.2) is 22.6 Å². The quantitative estimate of drug-likeness (QED) is 0.481. The highest BCUT2D eigenvalue weighted by molar-refractivity contribution is 7.93. The summed E-state index contributed by atoms with van der Waals surface area (Å²) in [4.78, 5) is -0.0790. The van der Waals surface area contributed by atoms with Gasteiger partial charge in [-0.2, -0.15) is 0 Å². The minimum atomic E-state index is -4.16. The second-order valence-electron chi connectivity index (χ2n) is 6.47. The summed E-state index contributed by atoms with van der Waals surface area (Å²) in [5.41, 5.74) is 0.506. The predicted molar refractivity (Wildman–Crippen MR) is 115 cm³/mol. The second kappa shape index (κ2) is 8.93. The summed E-state index contributed by atoms with van der Waals surface area (Å²) < 4.78 is 53.6. The van der Waals surface area contributed by atoms with Crippen LogP contribution in [0.4, 0.5) is 10.1 Å². The molecular formula is C22H21ClFNO4S. The van der Waals surface area contributed by atoms with E-state index in [1.807, 2.05) is 0 Å². The molecule has 0 heterocycles. The fourth-order valence-electron chi connectivity index (χ4n) is 3.23. The third-order valence-electron chi connectivity index (χ3n) is 4.70. The fraction of sp³-hybridized carbons (Fsp3) is 0.182. The normalized spacial score (nSPS) is 12.3. The zero-order valence-electron chi connectivity index (χ0n) is 16.7. The van der Waals surface area contributed by atoms with Gasteiger partial charge in [0.15, 0.2) is 11.5 Å². The van der Waals surface area contributed by atoms with E-state index in [1.54, 1.807) is 49.4 Å². The maximum atomic E-state index is 14.6. The van der Waals surface area contributed by atoms with Crippen LogP contribution in [-0.2, 0) is 10.0 Å². The van der Waals surface area contributed by atoms with Gasteiger partial charge in [0.2, 0.25) is 0 Å². The Morgan fingerprint density at radius 1 is 0.933 bits per heavy atom. The summed E-state index contributed by atoms with van der Waals surface area (Å²) in [6, 6.07) is 16.0. The van der Waals surface area contributed by atoms with Gasteiger partial charge >= 0.3 is 0 Å². The molecule has 1 atom stereocenters. The van der Waals surface area contributed by atoms with Crippen molar-refractivity contribution in [3.8, 4) is 11.5 Å². The largest absolute Gasteiger partial charge is 0.493 e. The first-order chi connectivity index (χ1) is 14.3. The molecule has 0 amide bonds. The average molecular weight is 450 g/mol. The number of nitrogens with zero attached hydrogens (tertiary/aromatic N) is 1. The first-order valence-electron chi connectivity index (χ1n) is 9.06. The second-order valence-corrected chi connectivity index (χ2v) is 8.66. The Bertz CT molecular complexity index is 1150. The number of anilines is 1. The van der Waals surface area contributed by atoms with Crippen molar-refractivity contribution in [1.29, 1.82) is 0 Å². The monoisotopic (exact) mass is 449 g/mol. The Balaban J connectivity index is 2.25.